The Morgan fingerprint density at radius 1 is 1.19 bits per heavy atom. The zero-order valence-corrected chi connectivity index (χ0v) is 13.8. The lowest BCUT2D eigenvalue weighted by Crippen LogP contribution is -2.38. The van der Waals surface area contributed by atoms with Crippen molar-refractivity contribution in [2.75, 3.05) is 0 Å². The molecule has 3 heteroatoms. The van der Waals surface area contributed by atoms with E-state index in [0.717, 1.165) is 24.8 Å². The molecule has 2 rings (SSSR count). The first-order chi connectivity index (χ1) is 10.1. The fourth-order valence-corrected chi connectivity index (χ4v) is 3.18. The summed E-state index contributed by atoms with van der Waals surface area (Å²) in [6.07, 6.45) is 6.93. The Labute approximate surface area is 133 Å². The molecule has 0 aliphatic heterocycles. The van der Waals surface area contributed by atoms with Crippen molar-refractivity contribution >= 4 is 17.5 Å². The third-order valence-corrected chi connectivity index (χ3v) is 4.55. The van der Waals surface area contributed by atoms with Gasteiger partial charge in [0.2, 0.25) is 5.91 Å². The summed E-state index contributed by atoms with van der Waals surface area (Å²) in [6.45, 7) is 4.41. The Kier molecular flexibility index (Phi) is 6.10. The third kappa shape index (κ3) is 5.03. The van der Waals surface area contributed by atoms with Crippen LogP contribution in [0, 0.1) is 5.92 Å². The van der Waals surface area contributed by atoms with Gasteiger partial charge >= 0.3 is 0 Å². The number of hydrogen-bond donors (Lipinski definition) is 1. The standard InChI is InChI=1S/C18H26ClNO/c1-13(2)12-14-8-10-15(11-9-14)17(19)18(21)20-16-6-4-3-5-7-16/h8-11,13,16-17H,3-7,12H2,1-2H3,(H,20,21). The van der Waals surface area contributed by atoms with Crippen molar-refractivity contribution in [3.8, 4) is 0 Å². The first-order valence-electron chi connectivity index (χ1n) is 8.09. The summed E-state index contributed by atoms with van der Waals surface area (Å²) in [5.41, 5.74) is 2.18. The van der Waals surface area contributed by atoms with E-state index in [1.807, 2.05) is 12.1 Å². The van der Waals surface area contributed by atoms with Crippen LogP contribution >= 0.6 is 11.6 Å². The highest BCUT2D eigenvalue weighted by Gasteiger charge is 2.22. The predicted molar refractivity (Wildman–Crippen MR) is 88.6 cm³/mol. The van der Waals surface area contributed by atoms with E-state index >= 15 is 0 Å². The van der Waals surface area contributed by atoms with Gasteiger partial charge in [-0.15, -0.1) is 11.6 Å². The minimum atomic E-state index is -0.583. The SMILES string of the molecule is CC(C)Cc1ccc(C(Cl)C(=O)NC2CCCCC2)cc1. The molecule has 0 heterocycles. The predicted octanol–water partition coefficient (Wildman–Crippen LogP) is 4.61. The van der Waals surface area contributed by atoms with Gasteiger partial charge in [0, 0.05) is 6.04 Å². The Balaban J connectivity index is 1.91. The van der Waals surface area contributed by atoms with E-state index in [1.165, 1.54) is 24.8 Å². The van der Waals surface area contributed by atoms with E-state index in [4.69, 9.17) is 11.6 Å². The molecule has 1 aliphatic rings. The third-order valence-electron chi connectivity index (χ3n) is 4.10. The van der Waals surface area contributed by atoms with E-state index in [2.05, 4.69) is 31.3 Å². The first-order valence-corrected chi connectivity index (χ1v) is 8.53. The van der Waals surface area contributed by atoms with Crippen LogP contribution in [0.15, 0.2) is 24.3 Å². The summed E-state index contributed by atoms with van der Waals surface area (Å²) in [5, 5.41) is 2.51. The van der Waals surface area contributed by atoms with Gasteiger partial charge in [-0.3, -0.25) is 4.79 Å². The molecule has 1 unspecified atom stereocenters. The summed E-state index contributed by atoms with van der Waals surface area (Å²) in [7, 11) is 0. The topological polar surface area (TPSA) is 29.1 Å². The van der Waals surface area contributed by atoms with Crippen LogP contribution in [0.3, 0.4) is 0 Å². The normalized spacial score (nSPS) is 17.7. The van der Waals surface area contributed by atoms with E-state index in [1.54, 1.807) is 0 Å². The summed E-state index contributed by atoms with van der Waals surface area (Å²) in [5.74, 6) is 0.581. The molecule has 116 valence electrons. The van der Waals surface area contributed by atoms with E-state index < -0.39 is 5.38 Å². The van der Waals surface area contributed by atoms with Gasteiger partial charge in [0.25, 0.3) is 0 Å². The average molecular weight is 308 g/mol. The summed E-state index contributed by atoms with van der Waals surface area (Å²) in [4.78, 5) is 12.2. The Morgan fingerprint density at radius 2 is 1.81 bits per heavy atom. The number of rotatable bonds is 5. The van der Waals surface area contributed by atoms with Crippen LogP contribution in [0.25, 0.3) is 0 Å². The number of hydrogen-bond acceptors (Lipinski definition) is 1. The molecule has 1 aliphatic carbocycles. The van der Waals surface area contributed by atoms with Gasteiger partial charge in [-0.2, -0.15) is 0 Å². The number of carbonyl (C=O) groups excluding carboxylic acids is 1. The van der Waals surface area contributed by atoms with Crippen molar-refractivity contribution in [1.82, 2.24) is 5.32 Å². The fourth-order valence-electron chi connectivity index (χ4n) is 2.97. The van der Waals surface area contributed by atoms with Gasteiger partial charge in [0.05, 0.1) is 0 Å². The summed E-state index contributed by atoms with van der Waals surface area (Å²) < 4.78 is 0. The van der Waals surface area contributed by atoms with Crippen molar-refractivity contribution in [3.05, 3.63) is 35.4 Å². The van der Waals surface area contributed by atoms with Gasteiger partial charge in [-0.25, -0.2) is 0 Å². The quantitative estimate of drug-likeness (QED) is 0.791. The zero-order chi connectivity index (χ0) is 15.2. The number of carbonyl (C=O) groups is 1. The van der Waals surface area contributed by atoms with Gasteiger partial charge in [0.15, 0.2) is 0 Å². The largest absolute Gasteiger partial charge is 0.352 e. The molecular weight excluding hydrogens is 282 g/mol. The van der Waals surface area contributed by atoms with E-state index in [0.29, 0.717) is 12.0 Å². The van der Waals surface area contributed by atoms with Crippen LogP contribution in [0.2, 0.25) is 0 Å². The highest BCUT2D eigenvalue weighted by molar-refractivity contribution is 6.30. The molecule has 1 fully saturated rings. The Morgan fingerprint density at radius 3 is 2.38 bits per heavy atom. The molecule has 1 aromatic rings. The maximum absolute atomic E-state index is 12.2. The number of benzene rings is 1. The smallest absolute Gasteiger partial charge is 0.242 e. The zero-order valence-electron chi connectivity index (χ0n) is 13.1. The molecule has 1 atom stereocenters. The minimum Gasteiger partial charge on any atom is -0.352 e. The van der Waals surface area contributed by atoms with E-state index in [9.17, 15) is 4.79 Å². The summed E-state index contributed by atoms with van der Waals surface area (Å²) in [6, 6.07) is 8.44. The lowest BCUT2D eigenvalue weighted by atomic mass is 9.95. The summed E-state index contributed by atoms with van der Waals surface area (Å²) >= 11 is 6.32. The first kappa shape index (κ1) is 16.4. The molecule has 0 radical (unpaired) electrons. The van der Waals surface area contributed by atoms with Crippen LogP contribution in [-0.2, 0) is 11.2 Å². The second kappa shape index (κ2) is 7.84. The molecule has 21 heavy (non-hydrogen) atoms. The van der Waals surface area contributed by atoms with Crippen molar-refractivity contribution in [3.63, 3.8) is 0 Å². The molecule has 0 saturated heterocycles. The second-order valence-electron chi connectivity index (χ2n) is 6.55. The molecular formula is C18H26ClNO. The molecule has 1 amide bonds. The monoisotopic (exact) mass is 307 g/mol. The lowest BCUT2D eigenvalue weighted by Gasteiger charge is -2.24. The van der Waals surface area contributed by atoms with E-state index in [-0.39, 0.29) is 5.91 Å². The van der Waals surface area contributed by atoms with Gasteiger partial charge in [-0.05, 0) is 36.3 Å². The fraction of sp³-hybridized carbons (Fsp3) is 0.611. The molecule has 0 spiro atoms. The Hall–Kier alpha value is -1.02. The van der Waals surface area contributed by atoms with Crippen LogP contribution in [-0.4, -0.2) is 11.9 Å². The van der Waals surface area contributed by atoms with Crippen molar-refractivity contribution in [1.29, 1.82) is 0 Å². The second-order valence-corrected chi connectivity index (χ2v) is 6.98. The number of amides is 1. The highest BCUT2D eigenvalue weighted by Crippen LogP contribution is 2.24. The van der Waals surface area contributed by atoms with Crippen molar-refractivity contribution < 1.29 is 4.79 Å². The van der Waals surface area contributed by atoms with Crippen molar-refractivity contribution in [2.45, 2.75) is 63.8 Å². The minimum absolute atomic E-state index is 0.0554. The molecule has 1 saturated carbocycles. The Bertz CT molecular complexity index is 449. The molecule has 0 aromatic heterocycles. The number of nitrogens with one attached hydrogen (secondary N) is 1. The highest BCUT2D eigenvalue weighted by atomic mass is 35.5. The average Bonchev–Trinajstić information content (AvgIpc) is 2.47. The molecule has 1 aromatic carbocycles. The van der Waals surface area contributed by atoms with Gasteiger partial charge in [0.1, 0.15) is 5.38 Å². The van der Waals surface area contributed by atoms with Gasteiger partial charge in [-0.1, -0.05) is 57.4 Å². The number of alkyl halides is 1. The maximum Gasteiger partial charge on any atom is 0.242 e. The van der Waals surface area contributed by atoms with Crippen LogP contribution < -0.4 is 5.32 Å². The number of halogens is 1. The molecule has 2 nitrogen and oxygen atoms in total. The maximum atomic E-state index is 12.2. The molecule has 1 N–H and O–H groups in total. The van der Waals surface area contributed by atoms with Crippen molar-refractivity contribution in [2.24, 2.45) is 5.92 Å². The molecule has 0 bridgehead atoms. The van der Waals surface area contributed by atoms with Crippen LogP contribution in [0.1, 0.15) is 62.5 Å². The van der Waals surface area contributed by atoms with Crippen LogP contribution in [0.4, 0.5) is 0 Å². The lowest BCUT2D eigenvalue weighted by molar-refractivity contribution is -0.121. The van der Waals surface area contributed by atoms with Gasteiger partial charge < -0.3 is 5.32 Å². The van der Waals surface area contributed by atoms with Crippen LogP contribution in [0.5, 0.6) is 0 Å².